The second-order valence-electron chi connectivity index (χ2n) is 4.59. The van der Waals surface area contributed by atoms with Crippen LogP contribution in [-0.2, 0) is 4.79 Å². The summed E-state index contributed by atoms with van der Waals surface area (Å²) >= 11 is 0. The molecule has 0 aliphatic carbocycles. The van der Waals surface area contributed by atoms with E-state index in [0.717, 1.165) is 11.1 Å². The lowest BCUT2D eigenvalue weighted by molar-refractivity contribution is -0.123. The summed E-state index contributed by atoms with van der Waals surface area (Å²) in [6, 6.07) is 14.9. The predicted octanol–water partition coefficient (Wildman–Crippen LogP) is 2.53. The first-order valence-electron chi connectivity index (χ1n) is 6.84. The Hall–Kier alpha value is -2.82. The smallest absolute Gasteiger partial charge is 0.277 e. The van der Waals surface area contributed by atoms with Gasteiger partial charge in [-0.3, -0.25) is 4.79 Å². The molecule has 0 aromatic heterocycles. The summed E-state index contributed by atoms with van der Waals surface area (Å²) in [7, 11) is 1.55. The van der Waals surface area contributed by atoms with Gasteiger partial charge >= 0.3 is 0 Å². The van der Waals surface area contributed by atoms with Crippen molar-refractivity contribution in [2.24, 2.45) is 5.10 Å². The maximum atomic E-state index is 11.7. The van der Waals surface area contributed by atoms with Crippen LogP contribution in [0.25, 0.3) is 0 Å². The number of carbonyl (C=O) groups is 1. The molecule has 5 nitrogen and oxygen atoms in total. The molecule has 0 atom stereocenters. The van der Waals surface area contributed by atoms with Crippen LogP contribution in [0.2, 0.25) is 0 Å². The molecule has 2 aromatic carbocycles. The van der Waals surface area contributed by atoms with Crippen LogP contribution in [0.15, 0.2) is 53.6 Å². The van der Waals surface area contributed by atoms with Crippen LogP contribution in [0, 0.1) is 6.92 Å². The van der Waals surface area contributed by atoms with Gasteiger partial charge in [0.15, 0.2) is 18.1 Å². The minimum absolute atomic E-state index is 0.133. The van der Waals surface area contributed by atoms with Gasteiger partial charge in [0.25, 0.3) is 5.91 Å². The lowest BCUT2D eigenvalue weighted by Crippen LogP contribution is -2.24. The van der Waals surface area contributed by atoms with Crippen LogP contribution in [0.3, 0.4) is 0 Å². The van der Waals surface area contributed by atoms with E-state index in [1.807, 2.05) is 43.3 Å². The van der Waals surface area contributed by atoms with Crippen molar-refractivity contribution in [1.82, 2.24) is 5.43 Å². The third kappa shape index (κ3) is 4.34. The number of hydrogen-bond donors (Lipinski definition) is 1. The molecule has 1 N–H and O–H groups in total. The summed E-state index contributed by atoms with van der Waals surface area (Å²) < 4.78 is 10.5. The molecule has 1 amide bonds. The summed E-state index contributed by atoms with van der Waals surface area (Å²) in [5, 5.41) is 3.92. The first-order valence-corrected chi connectivity index (χ1v) is 6.84. The summed E-state index contributed by atoms with van der Waals surface area (Å²) in [5.41, 5.74) is 4.47. The van der Waals surface area contributed by atoms with Crippen LogP contribution in [0.5, 0.6) is 11.5 Å². The first kappa shape index (κ1) is 15.6. The van der Waals surface area contributed by atoms with Gasteiger partial charge in [-0.1, -0.05) is 36.4 Å². The van der Waals surface area contributed by atoms with Crippen molar-refractivity contribution in [3.63, 3.8) is 0 Å². The molecular formula is C17H18N2O3. The van der Waals surface area contributed by atoms with Crippen LogP contribution in [-0.4, -0.2) is 25.8 Å². The fraction of sp³-hybridized carbons (Fsp3) is 0.176. The predicted molar refractivity (Wildman–Crippen MR) is 85.4 cm³/mol. The molecule has 0 spiro atoms. The number of methoxy groups -OCH3 is 1. The maximum absolute atomic E-state index is 11.7. The first-order chi connectivity index (χ1) is 10.7. The molecule has 114 valence electrons. The van der Waals surface area contributed by atoms with Gasteiger partial charge < -0.3 is 9.47 Å². The largest absolute Gasteiger partial charge is 0.493 e. The molecule has 0 saturated heterocycles. The third-order valence-corrected chi connectivity index (χ3v) is 3.01. The molecule has 0 fully saturated rings. The van der Waals surface area contributed by atoms with Gasteiger partial charge in [-0.25, -0.2) is 5.43 Å². The Balaban J connectivity index is 1.85. The van der Waals surface area contributed by atoms with E-state index >= 15 is 0 Å². The lowest BCUT2D eigenvalue weighted by Gasteiger charge is -2.09. The number of rotatable bonds is 6. The Labute approximate surface area is 129 Å². The van der Waals surface area contributed by atoms with Crippen LogP contribution >= 0.6 is 0 Å². The Bertz CT molecular complexity index is 668. The minimum atomic E-state index is -0.337. The van der Waals surface area contributed by atoms with E-state index in [4.69, 9.17) is 9.47 Å². The van der Waals surface area contributed by atoms with E-state index < -0.39 is 0 Å². The molecule has 2 aromatic rings. The van der Waals surface area contributed by atoms with Crippen molar-refractivity contribution in [2.45, 2.75) is 6.92 Å². The normalized spacial score (nSPS) is 10.5. The Morgan fingerprint density at radius 2 is 1.82 bits per heavy atom. The van der Waals surface area contributed by atoms with Crippen LogP contribution in [0.4, 0.5) is 0 Å². The Morgan fingerprint density at radius 1 is 1.14 bits per heavy atom. The highest BCUT2D eigenvalue weighted by Gasteiger charge is 2.05. The average molecular weight is 298 g/mol. The van der Waals surface area contributed by atoms with E-state index in [9.17, 15) is 4.79 Å². The van der Waals surface area contributed by atoms with Crippen molar-refractivity contribution >= 4 is 12.1 Å². The van der Waals surface area contributed by atoms with Gasteiger partial charge in [0.05, 0.1) is 13.3 Å². The molecule has 0 heterocycles. The SMILES string of the molecule is COc1ccccc1OCC(=O)NN=Cc1ccccc1C. The number of ether oxygens (including phenoxy) is 2. The molecule has 0 radical (unpaired) electrons. The molecule has 22 heavy (non-hydrogen) atoms. The summed E-state index contributed by atoms with van der Waals surface area (Å²) in [5.74, 6) is 0.762. The van der Waals surface area contributed by atoms with E-state index in [1.165, 1.54) is 0 Å². The molecule has 5 heteroatoms. The zero-order chi connectivity index (χ0) is 15.8. The number of para-hydroxylation sites is 2. The lowest BCUT2D eigenvalue weighted by atomic mass is 10.1. The van der Waals surface area contributed by atoms with Crippen molar-refractivity contribution in [3.05, 3.63) is 59.7 Å². The standard InChI is InChI=1S/C17H18N2O3/c1-13-7-3-4-8-14(13)11-18-19-17(20)12-22-16-10-6-5-9-15(16)21-2/h3-11H,12H2,1-2H3,(H,19,20). The topological polar surface area (TPSA) is 59.9 Å². The molecule has 0 aliphatic rings. The number of nitrogens with zero attached hydrogens (tertiary/aromatic N) is 1. The number of carbonyl (C=O) groups excluding carboxylic acids is 1. The van der Waals surface area contributed by atoms with Gasteiger partial charge in [0, 0.05) is 0 Å². The zero-order valence-corrected chi connectivity index (χ0v) is 12.6. The average Bonchev–Trinajstić information content (AvgIpc) is 2.55. The fourth-order valence-electron chi connectivity index (χ4n) is 1.82. The van der Waals surface area contributed by atoms with Crippen molar-refractivity contribution in [3.8, 4) is 11.5 Å². The minimum Gasteiger partial charge on any atom is -0.493 e. The monoisotopic (exact) mass is 298 g/mol. The van der Waals surface area contributed by atoms with Gasteiger partial charge in [0.2, 0.25) is 0 Å². The van der Waals surface area contributed by atoms with Crippen molar-refractivity contribution in [2.75, 3.05) is 13.7 Å². The fourth-order valence-corrected chi connectivity index (χ4v) is 1.82. The highest BCUT2D eigenvalue weighted by atomic mass is 16.5. The van der Waals surface area contributed by atoms with E-state index in [2.05, 4.69) is 10.5 Å². The van der Waals surface area contributed by atoms with Crippen LogP contribution in [0.1, 0.15) is 11.1 Å². The highest BCUT2D eigenvalue weighted by Crippen LogP contribution is 2.25. The quantitative estimate of drug-likeness (QED) is 0.658. The Morgan fingerprint density at radius 3 is 2.55 bits per heavy atom. The molecule has 2 rings (SSSR count). The molecule has 0 aliphatic heterocycles. The van der Waals surface area contributed by atoms with Gasteiger partial charge in [0.1, 0.15) is 0 Å². The summed E-state index contributed by atoms with van der Waals surface area (Å²) in [6.45, 7) is 1.85. The Kier molecular flexibility index (Phi) is 5.54. The van der Waals surface area contributed by atoms with Gasteiger partial charge in [-0.2, -0.15) is 5.10 Å². The van der Waals surface area contributed by atoms with Crippen molar-refractivity contribution < 1.29 is 14.3 Å². The third-order valence-electron chi connectivity index (χ3n) is 3.01. The van der Waals surface area contributed by atoms with E-state index in [-0.39, 0.29) is 12.5 Å². The number of hydrogen-bond acceptors (Lipinski definition) is 4. The summed E-state index contributed by atoms with van der Waals surface area (Å²) in [6.07, 6.45) is 1.61. The number of hydrazone groups is 1. The number of benzene rings is 2. The van der Waals surface area contributed by atoms with Crippen LogP contribution < -0.4 is 14.9 Å². The molecule has 0 saturated carbocycles. The molecular weight excluding hydrogens is 280 g/mol. The molecule has 0 bridgehead atoms. The zero-order valence-electron chi connectivity index (χ0n) is 12.6. The van der Waals surface area contributed by atoms with E-state index in [1.54, 1.807) is 25.5 Å². The second-order valence-corrected chi connectivity index (χ2v) is 4.59. The van der Waals surface area contributed by atoms with Gasteiger partial charge in [-0.15, -0.1) is 0 Å². The number of nitrogens with one attached hydrogen (secondary N) is 1. The van der Waals surface area contributed by atoms with Gasteiger partial charge in [-0.05, 0) is 30.2 Å². The second kappa shape index (κ2) is 7.83. The number of amides is 1. The van der Waals surface area contributed by atoms with E-state index in [0.29, 0.717) is 11.5 Å². The van der Waals surface area contributed by atoms with Crippen molar-refractivity contribution in [1.29, 1.82) is 0 Å². The molecule has 0 unspecified atom stereocenters. The highest BCUT2D eigenvalue weighted by molar-refractivity contribution is 5.84. The maximum Gasteiger partial charge on any atom is 0.277 e. The summed E-state index contributed by atoms with van der Waals surface area (Å²) in [4.78, 5) is 11.7. The number of aryl methyl sites for hydroxylation is 1.